The van der Waals surface area contributed by atoms with Crippen LogP contribution in [0.15, 0.2) is 22.7 Å². The molecule has 1 aromatic heterocycles. The van der Waals surface area contributed by atoms with Gasteiger partial charge in [-0.15, -0.1) is 0 Å². The predicted octanol–water partition coefficient (Wildman–Crippen LogP) is 2.78. The van der Waals surface area contributed by atoms with Crippen molar-refractivity contribution < 1.29 is 19.2 Å². The smallest absolute Gasteiger partial charge is 0.339 e. The summed E-state index contributed by atoms with van der Waals surface area (Å²) in [7, 11) is 0. The molecule has 1 aromatic carbocycles. The molecule has 0 aliphatic rings. The standard InChI is InChI=1S/C14H16N2O4/c1-8(2)13-15-11(16-20-13)7-19-12-9(3)5-4-6-10(12)14(17)18/h4-6,8H,7H2,1-3H3,(H,17,18). The summed E-state index contributed by atoms with van der Waals surface area (Å²) in [5.74, 6) is 0.375. The number of hydrogen-bond acceptors (Lipinski definition) is 5. The molecule has 20 heavy (non-hydrogen) atoms. The number of aromatic nitrogens is 2. The monoisotopic (exact) mass is 276 g/mol. The molecular formula is C14H16N2O4. The molecule has 0 atom stereocenters. The molecule has 1 heterocycles. The number of carbonyl (C=O) groups is 1. The molecule has 0 unspecified atom stereocenters. The molecular weight excluding hydrogens is 260 g/mol. The largest absolute Gasteiger partial charge is 0.484 e. The molecule has 6 heteroatoms. The van der Waals surface area contributed by atoms with Crippen LogP contribution < -0.4 is 4.74 Å². The van der Waals surface area contributed by atoms with Crippen molar-refractivity contribution in [1.82, 2.24) is 10.1 Å². The van der Waals surface area contributed by atoms with E-state index in [2.05, 4.69) is 10.1 Å². The normalized spacial score (nSPS) is 10.8. The van der Waals surface area contributed by atoms with Gasteiger partial charge in [0, 0.05) is 5.92 Å². The van der Waals surface area contributed by atoms with Gasteiger partial charge < -0.3 is 14.4 Å². The molecule has 1 N–H and O–H groups in total. The molecule has 0 amide bonds. The van der Waals surface area contributed by atoms with Crippen LogP contribution in [0, 0.1) is 6.92 Å². The summed E-state index contributed by atoms with van der Waals surface area (Å²) < 4.78 is 10.6. The Morgan fingerprint density at radius 1 is 1.45 bits per heavy atom. The van der Waals surface area contributed by atoms with Gasteiger partial charge in [-0.25, -0.2) is 4.79 Å². The Kier molecular flexibility index (Phi) is 4.02. The number of para-hydroxylation sites is 1. The molecule has 0 saturated heterocycles. The maximum Gasteiger partial charge on any atom is 0.339 e. The van der Waals surface area contributed by atoms with Crippen LogP contribution >= 0.6 is 0 Å². The molecule has 6 nitrogen and oxygen atoms in total. The van der Waals surface area contributed by atoms with E-state index in [-0.39, 0.29) is 18.1 Å². The van der Waals surface area contributed by atoms with Crippen LogP contribution in [0.4, 0.5) is 0 Å². The highest BCUT2D eigenvalue weighted by molar-refractivity contribution is 5.91. The topological polar surface area (TPSA) is 85.5 Å². The van der Waals surface area contributed by atoms with E-state index in [4.69, 9.17) is 14.4 Å². The molecule has 0 bridgehead atoms. The van der Waals surface area contributed by atoms with Crippen LogP contribution in [0.25, 0.3) is 0 Å². The SMILES string of the molecule is Cc1cccc(C(=O)O)c1OCc1noc(C(C)C)n1. The number of rotatable bonds is 5. The third-order valence-electron chi connectivity index (χ3n) is 2.77. The lowest BCUT2D eigenvalue weighted by Crippen LogP contribution is -2.06. The number of carboxylic acid groups (broad SMARTS) is 1. The Labute approximate surface area is 116 Å². The first kappa shape index (κ1) is 14.0. The van der Waals surface area contributed by atoms with Crippen molar-refractivity contribution in [1.29, 1.82) is 0 Å². The minimum Gasteiger partial charge on any atom is -0.484 e. The Hall–Kier alpha value is -2.37. The average molecular weight is 276 g/mol. The number of aromatic carboxylic acids is 1. The molecule has 0 fully saturated rings. The number of hydrogen-bond donors (Lipinski definition) is 1. The van der Waals surface area contributed by atoms with Crippen LogP contribution in [-0.2, 0) is 6.61 Å². The summed E-state index contributed by atoms with van der Waals surface area (Å²) in [4.78, 5) is 15.3. The molecule has 0 radical (unpaired) electrons. The Morgan fingerprint density at radius 3 is 2.80 bits per heavy atom. The minimum absolute atomic E-state index is 0.0708. The van der Waals surface area contributed by atoms with Gasteiger partial charge in [0.1, 0.15) is 11.3 Å². The molecule has 0 spiro atoms. The van der Waals surface area contributed by atoms with Crippen molar-refractivity contribution in [3.63, 3.8) is 0 Å². The number of carboxylic acids is 1. The lowest BCUT2D eigenvalue weighted by molar-refractivity contribution is 0.0691. The lowest BCUT2D eigenvalue weighted by atomic mass is 10.1. The van der Waals surface area contributed by atoms with Crippen LogP contribution in [0.5, 0.6) is 5.75 Å². The summed E-state index contributed by atoms with van der Waals surface area (Å²) in [6.45, 7) is 5.75. The highest BCUT2D eigenvalue weighted by Gasteiger charge is 2.15. The van der Waals surface area contributed by atoms with Crippen molar-refractivity contribution in [2.24, 2.45) is 0 Å². The van der Waals surface area contributed by atoms with Crippen LogP contribution in [0.1, 0.15) is 47.4 Å². The summed E-state index contributed by atoms with van der Waals surface area (Å²) in [5, 5.41) is 12.9. The third-order valence-corrected chi connectivity index (χ3v) is 2.77. The van der Waals surface area contributed by atoms with Crippen LogP contribution in [0.3, 0.4) is 0 Å². The van der Waals surface area contributed by atoms with Gasteiger partial charge in [0.2, 0.25) is 11.7 Å². The molecule has 106 valence electrons. The van der Waals surface area contributed by atoms with Gasteiger partial charge in [-0.2, -0.15) is 4.98 Å². The van der Waals surface area contributed by atoms with Gasteiger partial charge >= 0.3 is 5.97 Å². The van der Waals surface area contributed by atoms with E-state index in [1.807, 2.05) is 13.8 Å². The fourth-order valence-electron chi connectivity index (χ4n) is 1.71. The van der Waals surface area contributed by atoms with E-state index in [1.165, 1.54) is 6.07 Å². The Balaban J connectivity index is 2.16. The Morgan fingerprint density at radius 2 is 2.20 bits per heavy atom. The first-order valence-corrected chi connectivity index (χ1v) is 6.27. The average Bonchev–Trinajstić information content (AvgIpc) is 2.86. The first-order valence-electron chi connectivity index (χ1n) is 6.27. The first-order chi connectivity index (χ1) is 9.49. The molecule has 0 aliphatic heterocycles. The number of aryl methyl sites for hydroxylation is 1. The fraction of sp³-hybridized carbons (Fsp3) is 0.357. The van der Waals surface area contributed by atoms with Gasteiger partial charge in [-0.3, -0.25) is 0 Å². The number of nitrogens with zero attached hydrogens (tertiary/aromatic N) is 2. The van der Waals surface area contributed by atoms with Crippen molar-refractivity contribution in [2.45, 2.75) is 33.3 Å². The van der Waals surface area contributed by atoms with Gasteiger partial charge in [-0.1, -0.05) is 31.1 Å². The third kappa shape index (κ3) is 2.96. The zero-order valence-corrected chi connectivity index (χ0v) is 11.6. The second-order valence-electron chi connectivity index (χ2n) is 4.75. The summed E-state index contributed by atoms with van der Waals surface area (Å²) in [6.07, 6.45) is 0. The van der Waals surface area contributed by atoms with Crippen molar-refractivity contribution in [3.05, 3.63) is 41.0 Å². The highest BCUT2D eigenvalue weighted by Crippen LogP contribution is 2.24. The molecule has 0 aliphatic carbocycles. The lowest BCUT2D eigenvalue weighted by Gasteiger charge is -2.10. The molecule has 2 aromatic rings. The number of benzene rings is 1. The second kappa shape index (κ2) is 5.73. The van der Waals surface area contributed by atoms with E-state index in [1.54, 1.807) is 19.1 Å². The zero-order valence-electron chi connectivity index (χ0n) is 11.6. The van der Waals surface area contributed by atoms with E-state index < -0.39 is 5.97 Å². The summed E-state index contributed by atoms with van der Waals surface area (Å²) >= 11 is 0. The maximum atomic E-state index is 11.1. The quantitative estimate of drug-likeness (QED) is 0.903. The minimum atomic E-state index is -1.03. The van der Waals surface area contributed by atoms with Crippen molar-refractivity contribution in [3.8, 4) is 5.75 Å². The van der Waals surface area contributed by atoms with Gasteiger partial charge in [-0.05, 0) is 18.6 Å². The maximum absolute atomic E-state index is 11.1. The predicted molar refractivity (Wildman–Crippen MR) is 70.9 cm³/mol. The van der Waals surface area contributed by atoms with E-state index in [0.29, 0.717) is 17.5 Å². The summed E-state index contributed by atoms with van der Waals surface area (Å²) in [6, 6.07) is 4.97. The van der Waals surface area contributed by atoms with E-state index >= 15 is 0 Å². The number of ether oxygens (including phenoxy) is 1. The van der Waals surface area contributed by atoms with E-state index in [9.17, 15) is 4.79 Å². The Bertz CT molecular complexity index is 619. The zero-order chi connectivity index (χ0) is 14.7. The second-order valence-corrected chi connectivity index (χ2v) is 4.75. The highest BCUT2D eigenvalue weighted by atomic mass is 16.5. The van der Waals surface area contributed by atoms with Crippen molar-refractivity contribution >= 4 is 5.97 Å². The van der Waals surface area contributed by atoms with Crippen LogP contribution in [0.2, 0.25) is 0 Å². The summed E-state index contributed by atoms with van der Waals surface area (Å²) in [5.41, 5.74) is 0.870. The fourth-order valence-corrected chi connectivity index (χ4v) is 1.71. The van der Waals surface area contributed by atoms with Crippen LogP contribution in [-0.4, -0.2) is 21.2 Å². The van der Waals surface area contributed by atoms with Gasteiger partial charge in [0.15, 0.2) is 6.61 Å². The van der Waals surface area contributed by atoms with E-state index in [0.717, 1.165) is 5.56 Å². The van der Waals surface area contributed by atoms with Gasteiger partial charge in [0.05, 0.1) is 0 Å². The molecule has 0 saturated carbocycles. The molecule has 2 rings (SSSR count). The van der Waals surface area contributed by atoms with Crippen molar-refractivity contribution in [2.75, 3.05) is 0 Å². The van der Waals surface area contributed by atoms with Gasteiger partial charge in [0.25, 0.3) is 0 Å².